The maximum Gasteiger partial charge on any atom is 0.251 e. The Labute approximate surface area is 253 Å². The van der Waals surface area contributed by atoms with E-state index in [4.69, 9.17) is 0 Å². The van der Waals surface area contributed by atoms with E-state index in [1.54, 1.807) is 6.07 Å². The molecule has 1 aliphatic rings. The van der Waals surface area contributed by atoms with Gasteiger partial charge in [0.1, 0.15) is 5.75 Å². The van der Waals surface area contributed by atoms with Crippen LogP contribution in [0.25, 0.3) is 0 Å². The lowest BCUT2D eigenvalue weighted by Gasteiger charge is -2.35. The zero-order chi connectivity index (χ0) is 29.6. The smallest absolute Gasteiger partial charge is 0.251 e. The van der Waals surface area contributed by atoms with Crippen LogP contribution in [0.2, 0.25) is 0 Å². The van der Waals surface area contributed by atoms with Crippen LogP contribution in [-0.2, 0) is 6.42 Å². The van der Waals surface area contributed by atoms with Crippen molar-refractivity contribution in [2.45, 2.75) is 77.6 Å². The Kier molecular flexibility index (Phi) is 12.7. The van der Waals surface area contributed by atoms with E-state index < -0.39 is 0 Å². The zero-order valence-corrected chi connectivity index (χ0v) is 25.7. The van der Waals surface area contributed by atoms with Crippen LogP contribution in [0.4, 0.5) is 0 Å². The third kappa shape index (κ3) is 9.59. The average molecular weight is 567 g/mol. The van der Waals surface area contributed by atoms with Gasteiger partial charge in [-0.2, -0.15) is 0 Å². The van der Waals surface area contributed by atoms with Gasteiger partial charge in [-0.25, -0.2) is 0 Å². The summed E-state index contributed by atoms with van der Waals surface area (Å²) in [7, 11) is 0. The Balaban J connectivity index is 1.25. The summed E-state index contributed by atoms with van der Waals surface area (Å²) in [6, 6.07) is 27.1. The number of phenolic OH excluding ortho intramolecular Hbond substituents is 1. The third-order valence-electron chi connectivity index (χ3n) is 8.69. The fourth-order valence-corrected chi connectivity index (χ4v) is 6.21. The van der Waals surface area contributed by atoms with Crippen molar-refractivity contribution in [1.82, 2.24) is 10.2 Å². The Morgan fingerprint density at radius 1 is 0.929 bits per heavy atom. The maximum atomic E-state index is 12.7. The van der Waals surface area contributed by atoms with E-state index >= 15 is 0 Å². The number of piperidine rings is 1. The van der Waals surface area contributed by atoms with Gasteiger partial charge in [-0.1, -0.05) is 105 Å². The number of allylic oxidation sites excluding steroid dienone is 1. The number of benzene rings is 3. The minimum atomic E-state index is -0.115. The topological polar surface area (TPSA) is 52.6 Å². The number of likely N-dealkylation sites (tertiary alicyclic amines) is 1. The third-order valence-corrected chi connectivity index (χ3v) is 8.69. The van der Waals surface area contributed by atoms with Gasteiger partial charge in [0.25, 0.3) is 5.91 Å². The monoisotopic (exact) mass is 566 g/mol. The molecule has 4 rings (SSSR count). The highest BCUT2D eigenvalue weighted by Crippen LogP contribution is 2.30. The molecule has 0 radical (unpaired) electrons. The van der Waals surface area contributed by atoms with Gasteiger partial charge in [-0.15, -0.1) is 0 Å². The molecule has 1 fully saturated rings. The number of amides is 1. The predicted molar refractivity (Wildman–Crippen MR) is 175 cm³/mol. The van der Waals surface area contributed by atoms with E-state index in [1.165, 1.54) is 29.5 Å². The molecular weight excluding hydrogens is 516 g/mol. The molecule has 0 spiro atoms. The normalized spacial score (nSPS) is 14.8. The molecule has 4 nitrogen and oxygen atoms in total. The van der Waals surface area contributed by atoms with Crippen LogP contribution in [-0.4, -0.2) is 42.1 Å². The highest BCUT2D eigenvalue weighted by atomic mass is 16.3. The number of carbonyl (C=O) groups is 1. The first kappa shape index (κ1) is 31.6. The molecule has 3 aromatic carbocycles. The maximum absolute atomic E-state index is 12.7. The molecular formula is C38H50N2O2. The summed E-state index contributed by atoms with van der Waals surface area (Å²) in [4.78, 5) is 15.3. The molecule has 0 unspecified atom stereocenters. The largest absolute Gasteiger partial charge is 0.508 e. The van der Waals surface area contributed by atoms with Crippen LogP contribution in [0.3, 0.4) is 0 Å². The fourth-order valence-electron chi connectivity index (χ4n) is 6.21. The lowest BCUT2D eigenvalue weighted by molar-refractivity contribution is 0.0954. The van der Waals surface area contributed by atoms with Gasteiger partial charge in [-0.05, 0) is 92.8 Å². The number of nitrogens with zero attached hydrogens (tertiary/aromatic N) is 1. The number of aromatic hydroxyl groups is 1. The standard InChI is InChI=1S/C38H50N2O2/c1-3-5-14-30(13-4-2)15-12-24-39-38(42)35-21-20-34(37(41)28-35)27-31-22-25-40(26-23-31)29-36(32-16-8-6-9-17-32)33-18-10-7-11-19-33/h6-11,15-21,28,31,36,41H,3-5,12-14,22-27,29H2,1-2H3,(H,39,42)/b30-15+. The Morgan fingerprint density at radius 3 is 2.19 bits per heavy atom. The van der Waals surface area contributed by atoms with E-state index in [1.807, 2.05) is 12.1 Å². The van der Waals surface area contributed by atoms with Crippen LogP contribution >= 0.6 is 0 Å². The van der Waals surface area contributed by atoms with Crippen molar-refractivity contribution >= 4 is 5.91 Å². The first-order valence-electron chi connectivity index (χ1n) is 16.2. The van der Waals surface area contributed by atoms with Crippen LogP contribution in [0.5, 0.6) is 5.75 Å². The lowest BCUT2D eigenvalue weighted by Crippen LogP contribution is -2.37. The number of hydrogen-bond acceptors (Lipinski definition) is 3. The molecule has 1 heterocycles. The van der Waals surface area contributed by atoms with Crippen molar-refractivity contribution in [3.63, 3.8) is 0 Å². The summed E-state index contributed by atoms with van der Waals surface area (Å²) in [5.41, 5.74) is 5.71. The van der Waals surface area contributed by atoms with E-state index in [0.717, 1.165) is 70.1 Å². The highest BCUT2D eigenvalue weighted by Gasteiger charge is 2.24. The van der Waals surface area contributed by atoms with Crippen molar-refractivity contribution in [3.8, 4) is 5.75 Å². The van der Waals surface area contributed by atoms with E-state index in [0.29, 0.717) is 23.9 Å². The van der Waals surface area contributed by atoms with Crippen LogP contribution in [0.15, 0.2) is 90.5 Å². The summed E-state index contributed by atoms with van der Waals surface area (Å²) in [6.45, 7) is 8.21. The number of unbranched alkanes of at least 4 members (excludes halogenated alkanes) is 1. The SMILES string of the molecule is CCCC/C(=C/CCNC(=O)c1ccc(CC2CCN(CC(c3ccccc3)c3ccccc3)CC2)c(O)c1)CCC. The van der Waals surface area contributed by atoms with Gasteiger partial charge < -0.3 is 15.3 Å². The van der Waals surface area contributed by atoms with Gasteiger partial charge in [0.2, 0.25) is 0 Å². The summed E-state index contributed by atoms with van der Waals surface area (Å²) >= 11 is 0. The second-order valence-corrected chi connectivity index (χ2v) is 11.9. The van der Waals surface area contributed by atoms with Crippen LogP contribution in [0, 0.1) is 5.92 Å². The van der Waals surface area contributed by atoms with Gasteiger partial charge in [0.05, 0.1) is 0 Å². The minimum absolute atomic E-state index is 0.115. The molecule has 0 aromatic heterocycles. The van der Waals surface area contributed by atoms with Crippen molar-refractivity contribution in [1.29, 1.82) is 0 Å². The van der Waals surface area contributed by atoms with E-state index in [9.17, 15) is 9.90 Å². The van der Waals surface area contributed by atoms with Gasteiger partial charge in [0, 0.05) is 24.6 Å². The fraction of sp³-hybridized carbons (Fsp3) is 0.447. The predicted octanol–water partition coefficient (Wildman–Crippen LogP) is 8.52. The van der Waals surface area contributed by atoms with Gasteiger partial charge >= 0.3 is 0 Å². The van der Waals surface area contributed by atoms with Crippen molar-refractivity contribution in [2.24, 2.45) is 5.92 Å². The number of hydrogen-bond donors (Lipinski definition) is 2. The van der Waals surface area contributed by atoms with Crippen LogP contribution in [0.1, 0.15) is 98.2 Å². The quantitative estimate of drug-likeness (QED) is 0.143. The first-order valence-corrected chi connectivity index (χ1v) is 16.2. The molecule has 42 heavy (non-hydrogen) atoms. The molecule has 0 atom stereocenters. The molecule has 4 heteroatoms. The lowest BCUT2D eigenvalue weighted by atomic mass is 9.87. The molecule has 0 saturated carbocycles. The number of nitrogens with one attached hydrogen (secondary N) is 1. The second-order valence-electron chi connectivity index (χ2n) is 11.9. The Morgan fingerprint density at radius 2 is 1.60 bits per heavy atom. The van der Waals surface area contributed by atoms with Crippen molar-refractivity contribution < 1.29 is 9.90 Å². The first-order chi connectivity index (χ1) is 20.6. The summed E-state index contributed by atoms with van der Waals surface area (Å²) in [6.07, 6.45) is 12.1. The molecule has 1 saturated heterocycles. The van der Waals surface area contributed by atoms with Gasteiger partial charge in [0.15, 0.2) is 0 Å². The van der Waals surface area contributed by atoms with Gasteiger partial charge in [-0.3, -0.25) is 4.79 Å². The van der Waals surface area contributed by atoms with E-state index in [-0.39, 0.29) is 11.7 Å². The van der Waals surface area contributed by atoms with Crippen molar-refractivity contribution in [2.75, 3.05) is 26.2 Å². The van der Waals surface area contributed by atoms with E-state index in [2.05, 4.69) is 90.8 Å². The Hall–Kier alpha value is -3.37. The molecule has 3 aromatic rings. The molecule has 1 aliphatic heterocycles. The number of phenols is 1. The van der Waals surface area contributed by atoms with Crippen LogP contribution < -0.4 is 5.32 Å². The zero-order valence-electron chi connectivity index (χ0n) is 25.7. The summed E-state index contributed by atoms with van der Waals surface area (Å²) in [5.74, 6) is 1.02. The molecule has 2 N–H and O–H groups in total. The summed E-state index contributed by atoms with van der Waals surface area (Å²) in [5, 5.41) is 13.8. The average Bonchev–Trinajstić information content (AvgIpc) is 3.03. The highest BCUT2D eigenvalue weighted by molar-refractivity contribution is 5.94. The minimum Gasteiger partial charge on any atom is -0.508 e. The molecule has 0 bridgehead atoms. The molecule has 1 amide bonds. The summed E-state index contributed by atoms with van der Waals surface area (Å²) < 4.78 is 0. The molecule has 224 valence electrons. The number of carbonyl (C=O) groups excluding carboxylic acids is 1. The molecule has 0 aliphatic carbocycles. The Bertz CT molecular complexity index is 1210. The van der Waals surface area contributed by atoms with Crippen molar-refractivity contribution in [3.05, 3.63) is 113 Å². The number of rotatable bonds is 15. The second kappa shape index (κ2) is 16.9.